The molecule has 19 heavy (non-hydrogen) atoms. The van der Waals surface area contributed by atoms with Crippen LogP contribution >= 0.6 is 0 Å². The van der Waals surface area contributed by atoms with Gasteiger partial charge in [0.2, 0.25) is 5.91 Å². The van der Waals surface area contributed by atoms with Crippen molar-refractivity contribution in [3.05, 3.63) is 29.8 Å². The second-order valence-electron chi connectivity index (χ2n) is 4.67. The summed E-state index contributed by atoms with van der Waals surface area (Å²) in [4.78, 5) is 12.0. The van der Waals surface area contributed by atoms with E-state index < -0.39 is 6.10 Å². The molecule has 0 aromatic heterocycles. The number of carbonyl (C=O) groups excluding carboxylic acids is 1. The second-order valence-corrected chi connectivity index (χ2v) is 4.67. The third kappa shape index (κ3) is 3.68. The fraction of sp³-hybridized carbons (Fsp3) is 0.500. The van der Waals surface area contributed by atoms with E-state index in [2.05, 4.69) is 5.32 Å². The molecule has 1 aromatic carbocycles. The number of aliphatic hydroxyl groups is 1. The number of hydrogen-bond acceptors (Lipinski definition) is 4. The molecule has 2 atom stereocenters. The van der Waals surface area contributed by atoms with E-state index in [-0.39, 0.29) is 25.0 Å². The van der Waals surface area contributed by atoms with Gasteiger partial charge in [-0.3, -0.25) is 4.79 Å². The maximum atomic E-state index is 12.0. The van der Waals surface area contributed by atoms with Crippen molar-refractivity contribution in [1.29, 1.82) is 0 Å². The smallest absolute Gasteiger partial charge is 0.226 e. The van der Waals surface area contributed by atoms with Crippen LogP contribution in [0.3, 0.4) is 0 Å². The molecule has 5 heteroatoms. The van der Waals surface area contributed by atoms with Gasteiger partial charge >= 0.3 is 0 Å². The molecule has 1 heterocycles. The first-order valence-corrected chi connectivity index (χ1v) is 6.36. The Kier molecular flexibility index (Phi) is 4.76. The molecule has 0 saturated heterocycles. The zero-order valence-electron chi connectivity index (χ0n) is 11.0. The number of benzene rings is 1. The molecule has 0 radical (unpaired) electrons. The minimum absolute atomic E-state index is 0.0929. The monoisotopic (exact) mass is 265 g/mol. The molecule has 1 aromatic rings. The predicted octanol–water partition coefficient (Wildman–Crippen LogP) is 0.361. The number of para-hydroxylation sites is 1. The summed E-state index contributed by atoms with van der Waals surface area (Å²) in [6.45, 7) is 0.790. The molecule has 104 valence electrons. The van der Waals surface area contributed by atoms with Crippen LogP contribution in [0.5, 0.6) is 5.75 Å². The Balaban J connectivity index is 1.85. The lowest BCUT2D eigenvalue weighted by molar-refractivity contribution is -0.126. The average Bonchev–Trinajstić information content (AvgIpc) is 2.44. The molecule has 0 aliphatic carbocycles. The van der Waals surface area contributed by atoms with Crippen molar-refractivity contribution < 1.29 is 19.4 Å². The number of amides is 1. The second kappa shape index (κ2) is 6.54. The van der Waals surface area contributed by atoms with Crippen LogP contribution in [0.4, 0.5) is 0 Å². The molecule has 0 spiro atoms. The van der Waals surface area contributed by atoms with Gasteiger partial charge in [-0.05, 0) is 18.1 Å². The lowest BCUT2D eigenvalue weighted by atomic mass is 9.96. The Morgan fingerprint density at radius 3 is 3.16 bits per heavy atom. The number of aliphatic hydroxyl groups excluding tert-OH is 1. The van der Waals surface area contributed by atoms with Crippen LogP contribution in [0, 0.1) is 5.92 Å². The Morgan fingerprint density at radius 2 is 2.37 bits per heavy atom. The van der Waals surface area contributed by atoms with E-state index >= 15 is 0 Å². The van der Waals surface area contributed by atoms with E-state index in [1.54, 1.807) is 0 Å². The highest BCUT2D eigenvalue weighted by atomic mass is 16.5. The largest absolute Gasteiger partial charge is 0.492 e. The first-order valence-electron chi connectivity index (χ1n) is 6.36. The third-order valence-electron chi connectivity index (χ3n) is 3.12. The Hall–Kier alpha value is -1.59. The topological polar surface area (TPSA) is 67.8 Å². The van der Waals surface area contributed by atoms with Crippen LogP contribution in [-0.4, -0.2) is 44.0 Å². The van der Waals surface area contributed by atoms with Crippen LogP contribution in [0.25, 0.3) is 0 Å². The minimum Gasteiger partial charge on any atom is -0.492 e. The van der Waals surface area contributed by atoms with E-state index in [9.17, 15) is 9.90 Å². The lowest BCUT2D eigenvalue weighted by Crippen LogP contribution is -2.41. The first-order chi connectivity index (χ1) is 9.20. The summed E-state index contributed by atoms with van der Waals surface area (Å²) in [5, 5.41) is 12.2. The van der Waals surface area contributed by atoms with E-state index in [0.717, 1.165) is 11.3 Å². The molecular weight excluding hydrogens is 246 g/mol. The molecule has 0 saturated carbocycles. The minimum atomic E-state index is -0.675. The maximum absolute atomic E-state index is 12.0. The first kappa shape index (κ1) is 13.8. The molecular formula is C14H19NO4. The quantitative estimate of drug-likeness (QED) is 0.806. The molecule has 0 fully saturated rings. The Labute approximate surface area is 112 Å². The fourth-order valence-corrected chi connectivity index (χ4v) is 2.11. The van der Waals surface area contributed by atoms with Gasteiger partial charge in [0.05, 0.1) is 18.6 Å². The van der Waals surface area contributed by atoms with Crippen LogP contribution in [-0.2, 0) is 16.0 Å². The normalized spacial score (nSPS) is 19.2. The van der Waals surface area contributed by atoms with E-state index in [1.165, 1.54) is 7.11 Å². The van der Waals surface area contributed by atoms with Crippen molar-refractivity contribution in [2.75, 3.05) is 26.9 Å². The van der Waals surface area contributed by atoms with Crippen molar-refractivity contribution >= 4 is 5.91 Å². The van der Waals surface area contributed by atoms with Gasteiger partial charge in [-0.2, -0.15) is 0 Å². The summed E-state index contributed by atoms with van der Waals surface area (Å²) < 4.78 is 10.4. The molecule has 2 rings (SSSR count). The Morgan fingerprint density at radius 1 is 1.58 bits per heavy atom. The fourth-order valence-electron chi connectivity index (χ4n) is 2.11. The summed E-state index contributed by atoms with van der Waals surface area (Å²) in [5.74, 6) is 0.556. The van der Waals surface area contributed by atoms with Gasteiger partial charge in [0.1, 0.15) is 12.4 Å². The van der Waals surface area contributed by atoms with Gasteiger partial charge in [-0.25, -0.2) is 0 Å². The third-order valence-corrected chi connectivity index (χ3v) is 3.12. The molecule has 2 unspecified atom stereocenters. The van der Waals surface area contributed by atoms with E-state index in [1.807, 2.05) is 24.3 Å². The predicted molar refractivity (Wildman–Crippen MR) is 70.0 cm³/mol. The molecule has 2 N–H and O–H groups in total. The number of nitrogens with one attached hydrogen (secondary N) is 1. The summed E-state index contributed by atoms with van der Waals surface area (Å²) in [5.41, 5.74) is 1.05. The van der Waals surface area contributed by atoms with Crippen LogP contribution in [0.2, 0.25) is 0 Å². The molecule has 1 aliphatic heterocycles. The van der Waals surface area contributed by atoms with Gasteiger partial charge in [-0.1, -0.05) is 18.2 Å². The highest BCUT2D eigenvalue weighted by Gasteiger charge is 2.25. The zero-order valence-corrected chi connectivity index (χ0v) is 11.0. The summed E-state index contributed by atoms with van der Waals surface area (Å²) in [6, 6.07) is 7.73. The van der Waals surface area contributed by atoms with Gasteiger partial charge < -0.3 is 19.9 Å². The zero-order chi connectivity index (χ0) is 13.7. The number of methoxy groups -OCH3 is 1. The van der Waals surface area contributed by atoms with Crippen molar-refractivity contribution in [3.63, 3.8) is 0 Å². The average molecular weight is 265 g/mol. The van der Waals surface area contributed by atoms with Gasteiger partial charge in [0.15, 0.2) is 0 Å². The summed E-state index contributed by atoms with van der Waals surface area (Å²) in [6.07, 6.45) is -0.00621. The van der Waals surface area contributed by atoms with Gasteiger partial charge in [0, 0.05) is 13.7 Å². The van der Waals surface area contributed by atoms with Crippen molar-refractivity contribution in [2.24, 2.45) is 5.92 Å². The van der Waals surface area contributed by atoms with Crippen LogP contribution in [0.15, 0.2) is 24.3 Å². The number of hydrogen-bond donors (Lipinski definition) is 2. The van der Waals surface area contributed by atoms with Gasteiger partial charge in [-0.15, -0.1) is 0 Å². The lowest BCUT2D eigenvalue weighted by Gasteiger charge is -2.24. The molecule has 5 nitrogen and oxygen atoms in total. The standard InChI is InChI=1S/C14H19NO4/c1-18-9-12(16)7-15-14(17)11-6-10-4-2-3-5-13(10)19-8-11/h2-5,11-12,16H,6-9H2,1H3,(H,15,17). The summed E-state index contributed by atoms with van der Waals surface area (Å²) >= 11 is 0. The van der Waals surface area contributed by atoms with Crippen LogP contribution < -0.4 is 10.1 Å². The van der Waals surface area contributed by atoms with E-state index in [4.69, 9.17) is 9.47 Å². The van der Waals surface area contributed by atoms with Crippen LogP contribution in [0.1, 0.15) is 5.56 Å². The molecule has 1 amide bonds. The summed E-state index contributed by atoms with van der Waals surface area (Å²) in [7, 11) is 1.51. The maximum Gasteiger partial charge on any atom is 0.226 e. The van der Waals surface area contributed by atoms with Gasteiger partial charge in [0.25, 0.3) is 0 Å². The number of fused-ring (bicyclic) bond motifs is 1. The molecule has 1 aliphatic rings. The number of carbonyl (C=O) groups is 1. The highest BCUT2D eigenvalue weighted by molar-refractivity contribution is 5.79. The number of rotatable bonds is 5. The Bertz CT molecular complexity index is 435. The highest BCUT2D eigenvalue weighted by Crippen LogP contribution is 2.26. The van der Waals surface area contributed by atoms with Crippen molar-refractivity contribution in [3.8, 4) is 5.75 Å². The number of ether oxygens (including phenoxy) is 2. The van der Waals surface area contributed by atoms with Crippen molar-refractivity contribution in [2.45, 2.75) is 12.5 Å². The van der Waals surface area contributed by atoms with Crippen molar-refractivity contribution in [1.82, 2.24) is 5.32 Å². The SMILES string of the molecule is COCC(O)CNC(=O)C1COc2ccccc2C1. The molecule has 0 bridgehead atoms. The van der Waals surface area contributed by atoms with E-state index in [0.29, 0.717) is 13.0 Å².